The van der Waals surface area contributed by atoms with E-state index in [1.807, 2.05) is 6.92 Å². The first-order chi connectivity index (χ1) is 5.66. The summed E-state index contributed by atoms with van der Waals surface area (Å²) in [5.41, 5.74) is 10.2. The second-order valence-corrected chi connectivity index (χ2v) is 3.15. The maximum absolute atomic E-state index is 5.76. The molecule has 0 aliphatic heterocycles. The molecule has 2 N–H and O–H groups in total. The zero-order valence-corrected chi connectivity index (χ0v) is 8.02. The van der Waals surface area contributed by atoms with E-state index < -0.39 is 0 Å². The number of hydrogen-bond acceptors (Lipinski definition) is 2. The van der Waals surface area contributed by atoms with E-state index in [2.05, 4.69) is 18.8 Å². The monoisotopic (exact) mass is 164 g/mol. The predicted octanol–water partition coefficient (Wildman–Crippen LogP) is 2.23. The van der Waals surface area contributed by atoms with Crippen LogP contribution in [0.2, 0.25) is 0 Å². The topological polar surface area (TPSA) is 38.9 Å². The highest BCUT2D eigenvalue weighted by atomic mass is 14.7. The summed E-state index contributed by atoms with van der Waals surface area (Å²) >= 11 is 0. The van der Waals surface area contributed by atoms with Crippen LogP contribution in [-0.2, 0) is 6.42 Å². The third kappa shape index (κ3) is 1.58. The van der Waals surface area contributed by atoms with Crippen molar-refractivity contribution in [3.05, 3.63) is 23.0 Å². The summed E-state index contributed by atoms with van der Waals surface area (Å²) < 4.78 is 0. The number of hydrogen-bond donors (Lipinski definition) is 1. The fourth-order valence-corrected chi connectivity index (χ4v) is 1.41. The van der Waals surface area contributed by atoms with Gasteiger partial charge in [0.05, 0.1) is 11.9 Å². The molecule has 1 aromatic heterocycles. The van der Waals surface area contributed by atoms with Crippen LogP contribution >= 0.6 is 0 Å². The molecule has 1 rings (SSSR count). The molecule has 1 heterocycles. The van der Waals surface area contributed by atoms with Gasteiger partial charge in [-0.25, -0.2) is 0 Å². The molecular formula is C10H16N2. The molecule has 0 aliphatic rings. The van der Waals surface area contributed by atoms with Gasteiger partial charge in [-0.1, -0.05) is 13.3 Å². The Hall–Kier alpha value is -1.05. The van der Waals surface area contributed by atoms with Gasteiger partial charge in [0, 0.05) is 5.69 Å². The van der Waals surface area contributed by atoms with Crippen LogP contribution in [0.4, 0.5) is 5.69 Å². The van der Waals surface area contributed by atoms with Crippen LogP contribution in [0.1, 0.15) is 30.2 Å². The van der Waals surface area contributed by atoms with Crippen LogP contribution in [0, 0.1) is 13.8 Å². The van der Waals surface area contributed by atoms with Crippen LogP contribution in [-0.4, -0.2) is 4.98 Å². The standard InChI is InChI=1S/C10H16N2/c1-4-5-9-7(2)10(11)6-12-8(9)3/h6H,4-5,11H2,1-3H3. The van der Waals surface area contributed by atoms with Gasteiger partial charge < -0.3 is 5.73 Å². The van der Waals surface area contributed by atoms with E-state index in [0.29, 0.717) is 0 Å². The molecule has 12 heavy (non-hydrogen) atoms. The van der Waals surface area contributed by atoms with Crippen molar-refractivity contribution in [3.63, 3.8) is 0 Å². The van der Waals surface area contributed by atoms with Gasteiger partial charge in [-0.2, -0.15) is 0 Å². The van der Waals surface area contributed by atoms with Crippen molar-refractivity contribution in [2.45, 2.75) is 33.6 Å². The first kappa shape index (κ1) is 9.04. The number of nitrogen functional groups attached to an aromatic ring is 1. The van der Waals surface area contributed by atoms with Gasteiger partial charge in [-0.05, 0) is 31.4 Å². The second kappa shape index (κ2) is 3.57. The SMILES string of the molecule is CCCc1c(C)ncc(N)c1C. The van der Waals surface area contributed by atoms with Crippen molar-refractivity contribution in [1.82, 2.24) is 4.98 Å². The first-order valence-corrected chi connectivity index (χ1v) is 4.37. The Bertz CT molecular complexity index is 279. The summed E-state index contributed by atoms with van der Waals surface area (Å²) in [6.07, 6.45) is 3.96. The zero-order valence-electron chi connectivity index (χ0n) is 8.02. The minimum Gasteiger partial charge on any atom is -0.397 e. The molecule has 0 bridgehead atoms. The number of aromatic nitrogens is 1. The Balaban J connectivity index is 3.14. The van der Waals surface area contributed by atoms with E-state index in [9.17, 15) is 0 Å². The molecule has 0 saturated carbocycles. The maximum Gasteiger partial charge on any atom is 0.0533 e. The largest absolute Gasteiger partial charge is 0.397 e. The molecule has 0 aliphatic carbocycles. The van der Waals surface area contributed by atoms with Gasteiger partial charge >= 0.3 is 0 Å². The lowest BCUT2D eigenvalue weighted by atomic mass is 10.0. The van der Waals surface area contributed by atoms with Crippen molar-refractivity contribution in [1.29, 1.82) is 0 Å². The molecule has 0 amide bonds. The number of aryl methyl sites for hydroxylation is 1. The van der Waals surface area contributed by atoms with Crippen molar-refractivity contribution >= 4 is 5.69 Å². The second-order valence-electron chi connectivity index (χ2n) is 3.15. The normalized spacial score (nSPS) is 10.2. The Kier molecular flexibility index (Phi) is 2.69. The van der Waals surface area contributed by atoms with Crippen molar-refractivity contribution < 1.29 is 0 Å². The summed E-state index contributed by atoms with van der Waals surface area (Å²) in [5, 5.41) is 0. The summed E-state index contributed by atoms with van der Waals surface area (Å²) in [5.74, 6) is 0. The van der Waals surface area contributed by atoms with Crippen LogP contribution in [0.5, 0.6) is 0 Å². The smallest absolute Gasteiger partial charge is 0.0533 e. The quantitative estimate of drug-likeness (QED) is 0.728. The summed E-state index contributed by atoms with van der Waals surface area (Å²) in [4.78, 5) is 4.23. The van der Waals surface area contributed by atoms with Crippen LogP contribution < -0.4 is 5.73 Å². The molecule has 0 unspecified atom stereocenters. The van der Waals surface area contributed by atoms with Gasteiger partial charge in [-0.3, -0.25) is 4.98 Å². The highest BCUT2D eigenvalue weighted by molar-refractivity contribution is 5.49. The molecule has 2 heteroatoms. The van der Waals surface area contributed by atoms with Crippen LogP contribution in [0.25, 0.3) is 0 Å². The maximum atomic E-state index is 5.76. The Morgan fingerprint density at radius 3 is 2.67 bits per heavy atom. The number of nitrogens with two attached hydrogens (primary N) is 1. The van der Waals surface area contributed by atoms with E-state index in [1.165, 1.54) is 11.1 Å². The Morgan fingerprint density at radius 2 is 2.08 bits per heavy atom. The van der Waals surface area contributed by atoms with Gasteiger partial charge in [-0.15, -0.1) is 0 Å². The molecule has 1 aromatic rings. The van der Waals surface area contributed by atoms with E-state index in [-0.39, 0.29) is 0 Å². The molecule has 0 atom stereocenters. The van der Waals surface area contributed by atoms with Crippen LogP contribution in [0.3, 0.4) is 0 Å². The minimum atomic E-state index is 0.809. The Labute approximate surface area is 73.8 Å². The fourth-order valence-electron chi connectivity index (χ4n) is 1.41. The van der Waals surface area contributed by atoms with Gasteiger partial charge in [0.25, 0.3) is 0 Å². The number of anilines is 1. The molecule has 0 spiro atoms. The lowest BCUT2D eigenvalue weighted by molar-refractivity contribution is 0.889. The molecule has 0 saturated heterocycles. The van der Waals surface area contributed by atoms with Gasteiger partial charge in [0.1, 0.15) is 0 Å². The summed E-state index contributed by atoms with van der Waals surface area (Å²) in [7, 11) is 0. The summed E-state index contributed by atoms with van der Waals surface area (Å²) in [6.45, 7) is 6.27. The third-order valence-corrected chi connectivity index (χ3v) is 2.22. The average Bonchev–Trinajstić information content (AvgIpc) is 2.06. The lowest BCUT2D eigenvalue weighted by Gasteiger charge is -2.09. The molecule has 0 fully saturated rings. The van der Waals surface area contributed by atoms with Crippen molar-refractivity contribution in [2.75, 3.05) is 5.73 Å². The minimum absolute atomic E-state index is 0.809. The highest BCUT2D eigenvalue weighted by Gasteiger charge is 2.04. The highest BCUT2D eigenvalue weighted by Crippen LogP contribution is 2.18. The number of rotatable bonds is 2. The van der Waals surface area contributed by atoms with E-state index >= 15 is 0 Å². The average molecular weight is 164 g/mol. The predicted molar refractivity (Wildman–Crippen MR) is 52.1 cm³/mol. The lowest BCUT2D eigenvalue weighted by Crippen LogP contribution is -2.00. The molecular weight excluding hydrogens is 148 g/mol. The first-order valence-electron chi connectivity index (χ1n) is 4.37. The van der Waals surface area contributed by atoms with Gasteiger partial charge in [0.15, 0.2) is 0 Å². The van der Waals surface area contributed by atoms with E-state index in [0.717, 1.165) is 24.2 Å². The van der Waals surface area contributed by atoms with Gasteiger partial charge in [0.2, 0.25) is 0 Å². The fraction of sp³-hybridized carbons (Fsp3) is 0.500. The molecule has 2 nitrogen and oxygen atoms in total. The van der Waals surface area contributed by atoms with Crippen molar-refractivity contribution in [2.24, 2.45) is 0 Å². The van der Waals surface area contributed by atoms with E-state index in [1.54, 1.807) is 6.20 Å². The number of pyridine rings is 1. The Morgan fingerprint density at radius 1 is 1.42 bits per heavy atom. The molecule has 0 aromatic carbocycles. The number of nitrogens with zero attached hydrogens (tertiary/aromatic N) is 1. The van der Waals surface area contributed by atoms with E-state index in [4.69, 9.17) is 5.73 Å². The molecule has 0 radical (unpaired) electrons. The zero-order chi connectivity index (χ0) is 9.14. The molecule has 66 valence electrons. The third-order valence-electron chi connectivity index (χ3n) is 2.22. The van der Waals surface area contributed by atoms with Crippen LogP contribution in [0.15, 0.2) is 6.20 Å². The summed E-state index contributed by atoms with van der Waals surface area (Å²) in [6, 6.07) is 0. The van der Waals surface area contributed by atoms with Crippen molar-refractivity contribution in [3.8, 4) is 0 Å².